The minimum atomic E-state index is 0.681. The van der Waals surface area contributed by atoms with Crippen molar-refractivity contribution in [3.63, 3.8) is 0 Å². The molecule has 1 fully saturated rings. The van der Waals surface area contributed by atoms with Crippen LogP contribution in [0.25, 0.3) is 0 Å². The number of methoxy groups -OCH3 is 1. The molecule has 1 N–H and O–H groups in total. The van der Waals surface area contributed by atoms with Gasteiger partial charge in [-0.05, 0) is 52.2 Å². The van der Waals surface area contributed by atoms with E-state index < -0.39 is 0 Å². The first-order chi connectivity index (χ1) is 9.20. The first kappa shape index (κ1) is 16.9. The molecule has 3 unspecified atom stereocenters. The summed E-state index contributed by atoms with van der Waals surface area (Å²) in [7, 11) is 3.79. The third-order valence-corrected chi connectivity index (χ3v) is 4.49. The van der Waals surface area contributed by atoms with Crippen LogP contribution in [0.15, 0.2) is 0 Å². The van der Waals surface area contributed by atoms with Crippen molar-refractivity contribution in [2.45, 2.75) is 45.2 Å². The number of nitrogens with one attached hydrogen (secondary N) is 1. The van der Waals surface area contributed by atoms with Crippen LogP contribution < -0.4 is 5.32 Å². The number of piperidine rings is 1. The fourth-order valence-corrected chi connectivity index (χ4v) is 2.93. The van der Waals surface area contributed by atoms with E-state index in [0.717, 1.165) is 25.6 Å². The molecule has 1 rings (SSSR count). The average Bonchev–Trinajstić information content (AvgIpc) is 2.42. The number of nitrogens with zero attached hydrogens (tertiary/aromatic N) is 1. The molecule has 3 atom stereocenters. The Hall–Kier alpha value is -0.160. The summed E-state index contributed by atoms with van der Waals surface area (Å²) in [5.74, 6) is 0.733. The van der Waals surface area contributed by atoms with E-state index in [-0.39, 0.29) is 0 Å². The van der Waals surface area contributed by atoms with E-state index in [0.29, 0.717) is 18.7 Å². The molecule has 0 saturated carbocycles. The highest BCUT2D eigenvalue weighted by Gasteiger charge is 2.30. The van der Waals surface area contributed by atoms with Crippen LogP contribution in [0, 0.1) is 5.92 Å². The Morgan fingerprint density at radius 2 is 1.95 bits per heavy atom. The van der Waals surface area contributed by atoms with Gasteiger partial charge in [-0.15, -0.1) is 0 Å². The molecule has 0 aliphatic carbocycles. The second kappa shape index (κ2) is 9.70. The zero-order chi connectivity index (χ0) is 14.1. The lowest BCUT2D eigenvalue weighted by atomic mass is 9.87. The van der Waals surface area contributed by atoms with Crippen LogP contribution >= 0.6 is 0 Å². The predicted molar refractivity (Wildman–Crippen MR) is 79.6 cm³/mol. The van der Waals surface area contributed by atoms with Crippen LogP contribution in [0.4, 0.5) is 0 Å². The molecule has 0 radical (unpaired) electrons. The topological polar surface area (TPSA) is 33.7 Å². The molecule has 0 aromatic carbocycles. The van der Waals surface area contributed by atoms with E-state index in [2.05, 4.69) is 31.1 Å². The molecule has 1 heterocycles. The summed E-state index contributed by atoms with van der Waals surface area (Å²) in [5.41, 5.74) is 0. The molecular weight excluding hydrogens is 240 g/mol. The fourth-order valence-electron chi connectivity index (χ4n) is 2.93. The molecule has 1 saturated heterocycles. The van der Waals surface area contributed by atoms with Gasteiger partial charge >= 0.3 is 0 Å². The fraction of sp³-hybridized carbons (Fsp3) is 1.00. The zero-order valence-electron chi connectivity index (χ0n) is 13.2. The van der Waals surface area contributed by atoms with Crippen LogP contribution in [0.2, 0.25) is 0 Å². The van der Waals surface area contributed by atoms with Crippen molar-refractivity contribution in [1.82, 2.24) is 10.2 Å². The summed E-state index contributed by atoms with van der Waals surface area (Å²) in [6.07, 6.45) is 3.65. The second-order valence-corrected chi connectivity index (χ2v) is 5.63. The van der Waals surface area contributed by atoms with Gasteiger partial charge in [0, 0.05) is 25.8 Å². The van der Waals surface area contributed by atoms with Crippen LogP contribution in [0.1, 0.15) is 33.1 Å². The van der Waals surface area contributed by atoms with E-state index in [9.17, 15) is 0 Å². The second-order valence-electron chi connectivity index (χ2n) is 5.63. The quantitative estimate of drug-likeness (QED) is 0.648. The number of unbranched alkanes of at least 4 members (excludes halogenated alkanes) is 1. The minimum Gasteiger partial charge on any atom is -0.382 e. The normalized spacial score (nSPS) is 28.7. The maximum Gasteiger partial charge on any atom is 0.0700 e. The van der Waals surface area contributed by atoms with Gasteiger partial charge in [0.05, 0.1) is 13.2 Å². The van der Waals surface area contributed by atoms with Gasteiger partial charge in [-0.25, -0.2) is 0 Å². The Morgan fingerprint density at radius 1 is 1.16 bits per heavy atom. The third kappa shape index (κ3) is 5.78. The van der Waals surface area contributed by atoms with Crippen molar-refractivity contribution >= 4 is 0 Å². The highest BCUT2D eigenvalue weighted by Crippen LogP contribution is 2.23. The summed E-state index contributed by atoms with van der Waals surface area (Å²) >= 11 is 0. The molecular formula is C15H32N2O2. The standard InChI is InChI=1S/C15H32N2O2/c1-13-14(2)17(9-7-15(13)16-3)8-5-6-10-19-12-11-18-4/h13-16H,5-12H2,1-4H3. The smallest absolute Gasteiger partial charge is 0.0700 e. The summed E-state index contributed by atoms with van der Waals surface area (Å²) in [6, 6.07) is 1.37. The first-order valence-electron chi connectivity index (χ1n) is 7.68. The van der Waals surface area contributed by atoms with Crippen LogP contribution in [0.5, 0.6) is 0 Å². The summed E-state index contributed by atoms with van der Waals surface area (Å²) in [6.45, 7) is 9.44. The third-order valence-electron chi connectivity index (χ3n) is 4.49. The number of likely N-dealkylation sites (tertiary alicyclic amines) is 1. The lowest BCUT2D eigenvalue weighted by molar-refractivity contribution is 0.0608. The number of rotatable bonds is 9. The van der Waals surface area contributed by atoms with Gasteiger partial charge in [0.25, 0.3) is 0 Å². The zero-order valence-corrected chi connectivity index (χ0v) is 13.2. The summed E-state index contributed by atoms with van der Waals surface area (Å²) < 4.78 is 10.4. The Kier molecular flexibility index (Phi) is 8.62. The van der Waals surface area contributed by atoms with Gasteiger partial charge in [0.1, 0.15) is 0 Å². The largest absolute Gasteiger partial charge is 0.382 e. The van der Waals surface area contributed by atoms with Crippen molar-refractivity contribution in [3.8, 4) is 0 Å². The lowest BCUT2D eigenvalue weighted by Gasteiger charge is -2.42. The average molecular weight is 272 g/mol. The molecule has 0 aromatic rings. The van der Waals surface area contributed by atoms with Crippen LogP contribution in [-0.4, -0.2) is 64.1 Å². The Labute approximate surface area is 118 Å². The van der Waals surface area contributed by atoms with Gasteiger partial charge < -0.3 is 19.7 Å². The van der Waals surface area contributed by atoms with E-state index >= 15 is 0 Å². The molecule has 0 spiro atoms. The minimum absolute atomic E-state index is 0.681. The first-order valence-corrected chi connectivity index (χ1v) is 7.68. The number of ether oxygens (including phenoxy) is 2. The number of hydrogen-bond donors (Lipinski definition) is 1. The molecule has 4 nitrogen and oxygen atoms in total. The molecule has 1 aliphatic rings. The molecule has 1 aliphatic heterocycles. The molecule has 19 heavy (non-hydrogen) atoms. The Morgan fingerprint density at radius 3 is 2.63 bits per heavy atom. The van der Waals surface area contributed by atoms with Gasteiger partial charge in [-0.1, -0.05) is 6.92 Å². The van der Waals surface area contributed by atoms with Crippen molar-refractivity contribution in [1.29, 1.82) is 0 Å². The van der Waals surface area contributed by atoms with Gasteiger partial charge in [-0.3, -0.25) is 0 Å². The van der Waals surface area contributed by atoms with E-state index in [1.807, 2.05) is 0 Å². The summed E-state index contributed by atoms with van der Waals surface area (Å²) in [4.78, 5) is 2.63. The van der Waals surface area contributed by atoms with Gasteiger partial charge in [-0.2, -0.15) is 0 Å². The number of hydrogen-bond acceptors (Lipinski definition) is 4. The van der Waals surface area contributed by atoms with Crippen molar-refractivity contribution < 1.29 is 9.47 Å². The molecule has 4 heteroatoms. The maximum absolute atomic E-state index is 5.49. The van der Waals surface area contributed by atoms with Gasteiger partial charge in [0.2, 0.25) is 0 Å². The SMILES string of the molecule is CNC1CCN(CCCCOCCOC)C(C)C1C. The molecule has 114 valence electrons. The Balaban J connectivity index is 2.09. The van der Waals surface area contributed by atoms with E-state index in [4.69, 9.17) is 9.47 Å². The maximum atomic E-state index is 5.49. The van der Waals surface area contributed by atoms with Crippen LogP contribution in [-0.2, 0) is 9.47 Å². The molecule has 0 aromatic heterocycles. The Bertz CT molecular complexity index is 226. The summed E-state index contributed by atoms with van der Waals surface area (Å²) in [5, 5.41) is 3.44. The highest BCUT2D eigenvalue weighted by atomic mass is 16.5. The lowest BCUT2D eigenvalue weighted by Crippen LogP contribution is -2.52. The van der Waals surface area contributed by atoms with Crippen LogP contribution in [0.3, 0.4) is 0 Å². The van der Waals surface area contributed by atoms with E-state index in [1.165, 1.54) is 25.9 Å². The molecule has 0 amide bonds. The highest BCUT2D eigenvalue weighted by molar-refractivity contribution is 4.87. The van der Waals surface area contributed by atoms with Crippen molar-refractivity contribution in [3.05, 3.63) is 0 Å². The van der Waals surface area contributed by atoms with Gasteiger partial charge in [0.15, 0.2) is 0 Å². The molecule has 0 bridgehead atoms. The predicted octanol–water partition coefficient (Wildman–Crippen LogP) is 1.75. The monoisotopic (exact) mass is 272 g/mol. The van der Waals surface area contributed by atoms with Crippen molar-refractivity contribution in [2.24, 2.45) is 5.92 Å². The van der Waals surface area contributed by atoms with Crippen molar-refractivity contribution in [2.75, 3.05) is 47.1 Å². The van der Waals surface area contributed by atoms with E-state index in [1.54, 1.807) is 7.11 Å².